The Balaban J connectivity index is 1.13. The summed E-state index contributed by atoms with van der Waals surface area (Å²) in [4.78, 5) is 19.9. The van der Waals surface area contributed by atoms with E-state index in [2.05, 4.69) is 132 Å². The van der Waals surface area contributed by atoms with Crippen molar-refractivity contribution in [2.75, 3.05) is 0 Å². The largest absolute Gasteiger partial charge is 0.253 e. The molecule has 0 fully saturated rings. The van der Waals surface area contributed by atoms with Gasteiger partial charge in [0.15, 0.2) is 17.5 Å². The number of hydrogen-bond donors (Lipinski definition) is 0. The van der Waals surface area contributed by atoms with Gasteiger partial charge in [-0.15, -0.1) is 0 Å². The van der Waals surface area contributed by atoms with E-state index in [-0.39, 0.29) is 0 Å². The van der Waals surface area contributed by atoms with Crippen molar-refractivity contribution >= 4 is 21.5 Å². The number of nitrogens with zero attached hydrogens (tertiary/aromatic N) is 4. The van der Waals surface area contributed by atoms with Crippen LogP contribution in [0, 0.1) is 0 Å². The van der Waals surface area contributed by atoms with E-state index in [0.29, 0.717) is 23.2 Å². The zero-order valence-electron chi connectivity index (χ0n) is 30.1. The molecule has 8 aromatic carbocycles. The zero-order chi connectivity index (χ0) is 36.7. The van der Waals surface area contributed by atoms with Gasteiger partial charge in [-0.3, -0.25) is 4.98 Å². The molecule has 12 rings (SSSR count). The van der Waals surface area contributed by atoms with Crippen LogP contribution in [0.1, 0.15) is 0 Å². The molecule has 2 heterocycles. The average Bonchev–Trinajstić information content (AvgIpc) is 3.78. The summed E-state index contributed by atoms with van der Waals surface area (Å²) >= 11 is 0. The molecule has 4 heteroatoms. The molecule has 0 aliphatic heterocycles. The standard InChI is InChI=1S/C52H30N4/c1-2-12-31(13-3-1)50-54-51(56-52(55-50)47-22-8-9-27-53-47)34-29-32(35-23-25-45-39-16-6-4-14-37(39)43-20-10-18-41(35)48(43)45)28-33(30-34)36-24-26-46-40-17-7-5-15-38(40)44-21-11-19-42(36)49(44)46/h1-30H. The van der Waals surface area contributed by atoms with Gasteiger partial charge < -0.3 is 0 Å². The van der Waals surface area contributed by atoms with Crippen molar-refractivity contribution in [1.82, 2.24) is 19.9 Å². The molecule has 258 valence electrons. The van der Waals surface area contributed by atoms with Gasteiger partial charge in [0.1, 0.15) is 5.69 Å². The molecule has 10 aromatic rings. The Morgan fingerprint density at radius 2 is 0.696 bits per heavy atom. The predicted octanol–water partition coefficient (Wildman–Crippen LogP) is 13.2. The van der Waals surface area contributed by atoms with Crippen LogP contribution in [-0.2, 0) is 0 Å². The van der Waals surface area contributed by atoms with E-state index in [0.717, 1.165) is 22.3 Å². The number of fused-ring (bicyclic) bond motifs is 6. The Hall–Kier alpha value is -7.56. The van der Waals surface area contributed by atoms with Crippen molar-refractivity contribution < 1.29 is 0 Å². The fourth-order valence-electron chi connectivity index (χ4n) is 9.02. The second-order valence-corrected chi connectivity index (χ2v) is 14.6. The van der Waals surface area contributed by atoms with Gasteiger partial charge in [-0.2, -0.15) is 0 Å². The van der Waals surface area contributed by atoms with Crippen molar-refractivity contribution in [2.45, 2.75) is 0 Å². The maximum atomic E-state index is 5.17. The summed E-state index contributed by atoms with van der Waals surface area (Å²) in [6, 6.07) is 62.9. The van der Waals surface area contributed by atoms with Crippen molar-refractivity contribution in [3.63, 3.8) is 0 Å². The van der Waals surface area contributed by atoms with E-state index >= 15 is 0 Å². The average molecular weight is 711 g/mol. The van der Waals surface area contributed by atoms with E-state index < -0.39 is 0 Å². The summed E-state index contributed by atoms with van der Waals surface area (Å²) in [6.07, 6.45) is 1.78. The van der Waals surface area contributed by atoms with Crippen LogP contribution < -0.4 is 0 Å². The lowest BCUT2D eigenvalue weighted by molar-refractivity contribution is 1.06. The van der Waals surface area contributed by atoms with Gasteiger partial charge in [0.25, 0.3) is 0 Å². The highest BCUT2D eigenvalue weighted by molar-refractivity contribution is 6.20. The Bertz CT molecular complexity index is 2970. The van der Waals surface area contributed by atoms with Gasteiger partial charge in [-0.05, 0) is 119 Å². The molecule has 2 aliphatic rings. The monoisotopic (exact) mass is 710 g/mol. The van der Waals surface area contributed by atoms with Crippen LogP contribution >= 0.6 is 0 Å². The van der Waals surface area contributed by atoms with Crippen LogP contribution in [0.4, 0.5) is 0 Å². The minimum Gasteiger partial charge on any atom is -0.253 e. The van der Waals surface area contributed by atoms with Crippen LogP contribution in [0.5, 0.6) is 0 Å². The topological polar surface area (TPSA) is 51.6 Å². The fraction of sp³-hybridized carbons (Fsp3) is 0. The molecule has 2 aromatic heterocycles. The van der Waals surface area contributed by atoms with E-state index in [1.807, 2.05) is 48.5 Å². The molecule has 56 heavy (non-hydrogen) atoms. The molecule has 0 spiro atoms. The Labute approximate surface area is 323 Å². The molecule has 0 radical (unpaired) electrons. The second kappa shape index (κ2) is 12.0. The summed E-state index contributed by atoms with van der Waals surface area (Å²) in [5.74, 6) is 1.74. The first-order valence-electron chi connectivity index (χ1n) is 19.0. The molecule has 0 amide bonds. The summed E-state index contributed by atoms with van der Waals surface area (Å²) in [5.41, 5.74) is 17.3. The van der Waals surface area contributed by atoms with Gasteiger partial charge in [-0.1, -0.05) is 146 Å². The van der Waals surface area contributed by atoms with Crippen molar-refractivity contribution in [3.8, 4) is 101 Å². The molecule has 0 atom stereocenters. The number of hydrogen-bond acceptors (Lipinski definition) is 4. The Kier molecular flexibility index (Phi) is 6.60. The van der Waals surface area contributed by atoms with Gasteiger partial charge in [0.2, 0.25) is 0 Å². The summed E-state index contributed by atoms with van der Waals surface area (Å²) in [7, 11) is 0. The summed E-state index contributed by atoms with van der Waals surface area (Å²) in [5, 5.41) is 5.05. The molecular weight excluding hydrogens is 681 g/mol. The van der Waals surface area contributed by atoms with Crippen LogP contribution in [0.3, 0.4) is 0 Å². The van der Waals surface area contributed by atoms with Crippen molar-refractivity contribution in [3.05, 3.63) is 182 Å². The first kappa shape index (κ1) is 30.9. The summed E-state index contributed by atoms with van der Waals surface area (Å²) in [6.45, 7) is 0. The maximum Gasteiger partial charge on any atom is 0.182 e. The molecule has 0 saturated carbocycles. The lowest BCUT2D eigenvalue weighted by Gasteiger charge is -2.16. The van der Waals surface area contributed by atoms with Crippen LogP contribution in [0.2, 0.25) is 0 Å². The molecule has 4 nitrogen and oxygen atoms in total. The number of aromatic nitrogens is 4. The van der Waals surface area contributed by atoms with Crippen LogP contribution in [0.15, 0.2) is 182 Å². The van der Waals surface area contributed by atoms with Crippen molar-refractivity contribution in [1.29, 1.82) is 0 Å². The lowest BCUT2D eigenvalue weighted by Crippen LogP contribution is -2.01. The zero-order valence-corrected chi connectivity index (χ0v) is 30.1. The molecule has 0 saturated heterocycles. The third-order valence-electron chi connectivity index (χ3n) is 11.5. The Morgan fingerprint density at radius 1 is 0.268 bits per heavy atom. The highest BCUT2D eigenvalue weighted by Crippen LogP contribution is 2.51. The molecule has 0 N–H and O–H groups in total. The normalized spacial score (nSPS) is 11.9. The quantitative estimate of drug-likeness (QED) is 0.178. The Morgan fingerprint density at radius 3 is 1.23 bits per heavy atom. The lowest BCUT2D eigenvalue weighted by atomic mass is 9.89. The molecular formula is C52H30N4. The number of rotatable bonds is 5. The van der Waals surface area contributed by atoms with Crippen molar-refractivity contribution in [2.24, 2.45) is 0 Å². The molecule has 0 bridgehead atoms. The third-order valence-corrected chi connectivity index (χ3v) is 11.5. The molecule has 0 unspecified atom stereocenters. The van der Waals surface area contributed by atoms with E-state index in [9.17, 15) is 0 Å². The summed E-state index contributed by atoms with van der Waals surface area (Å²) < 4.78 is 0. The second-order valence-electron chi connectivity index (χ2n) is 14.6. The minimum atomic E-state index is 0.535. The van der Waals surface area contributed by atoms with Gasteiger partial charge in [0, 0.05) is 17.3 Å². The smallest absolute Gasteiger partial charge is 0.182 e. The van der Waals surface area contributed by atoms with E-state index in [1.54, 1.807) is 6.20 Å². The number of benzene rings is 8. The first-order valence-corrected chi connectivity index (χ1v) is 19.0. The first-order chi connectivity index (χ1) is 27.8. The van der Waals surface area contributed by atoms with Gasteiger partial charge >= 0.3 is 0 Å². The van der Waals surface area contributed by atoms with Gasteiger partial charge in [0.05, 0.1) is 0 Å². The maximum absolute atomic E-state index is 5.17. The van der Waals surface area contributed by atoms with Crippen LogP contribution in [-0.4, -0.2) is 19.9 Å². The molecule has 2 aliphatic carbocycles. The third kappa shape index (κ3) is 4.60. The highest BCUT2D eigenvalue weighted by Gasteiger charge is 2.25. The van der Waals surface area contributed by atoms with Gasteiger partial charge in [-0.25, -0.2) is 15.0 Å². The van der Waals surface area contributed by atoms with E-state index in [4.69, 9.17) is 15.0 Å². The number of pyridine rings is 1. The van der Waals surface area contributed by atoms with E-state index in [1.165, 1.54) is 77.2 Å². The van der Waals surface area contributed by atoms with Crippen LogP contribution in [0.25, 0.3) is 123 Å². The predicted molar refractivity (Wildman–Crippen MR) is 229 cm³/mol. The SMILES string of the molecule is c1ccc(-c2nc(-c3cc(-c4ccc5c6c(cccc46)-c4ccccc4-5)cc(-c4ccc5c6c(cccc46)-c4ccccc4-5)c3)nc(-c3ccccn3)n2)cc1. The fourth-order valence-corrected chi connectivity index (χ4v) is 9.02. The minimum absolute atomic E-state index is 0.535. The highest BCUT2D eigenvalue weighted by atomic mass is 15.0.